The molecule has 2 aliphatic heterocycles. The maximum absolute atomic E-state index is 14.3. The molecule has 6 rings (SSSR count). The molecule has 2 N–H and O–H groups in total. The van der Waals surface area contributed by atoms with Crippen LogP contribution in [0.15, 0.2) is 60.3 Å². The predicted molar refractivity (Wildman–Crippen MR) is 200 cm³/mol. The molecule has 0 spiro atoms. The summed E-state index contributed by atoms with van der Waals surface area (Å²) in [5.74, 6) is 0.293. The lowest BCUT2D eigenvalue weighted by Crippen LogP contribution is -2.70. The number of hydrogen-bond donors (Lipinski definition) is 2. The molecule has 7 unspecified atom stereocenters. The van der Waals surface area contributed by atoms with Gasteiger partial charge in [-0.3, -0.25) is 4.79 Å². The minimum Gasteiger partial charge on any atom is -0.490 e. The van der Waals surface area contributed by atoms with Crippen molar-refractivity contribution in [1.82, 2.24) is 4.90 Å². The van der Waals surface area contributed by atoms with Gasteiger partial charge in [-0.25, -0.2) is 0 Å². The van der Waals surface area contributed by atoms with E-state index in [1.165, 1.54) is 0 Å². The number of allylic oxidation sites excluding steroid dienone is 1. The van der Waals surface area contributed by atoms with Crippen LogP contribution in [0, 0.1) is 23.7 Å². The number of hydrogen-bond acceptors (Lipinski definition) is 9. The van der Waals surface area contributed by atoms with E-state index in [0.717, 1.165) is 99.0 Å². The third-order valence-electron chi connectivity index (χ3n) is 11.5. The molecule has 3 fully saturated rings. The molecular weight excluding hydrogens is 660 g/mol. The number of aliphatic hydroxyl groups excluding tert-OH is 2. The van der Waals surface area contributed by atoms with Crippen molar-refractivity contribution < 1.29 is 38.8 Å². The van der Waals surface area contributed by atoms with E-state index < -0.39 is 18.1 Å². The Morgan fingerprint density at radius 3 is 2.54 bits per heavy atom. The van der Waals surface area contributed by atoms with E-state index in [-0.39, 0.29) is 55.3 Å². The lowest BCUT2D eigenvalue weighted by atomic mass is 9.55. The van der Waals surface area contributed by atoms with Crippen LogP contribution in [0.4, 0.5) is 0 Å². The van der Waals surface area contributed by atoms with Crippen molar-refractivity contribution in [1.29, 1.82) is 0 Å². The molecule has 1 aromatic carbocycles. The second-order valence-electron chi connectivity index (χ2n) is 15.1. The number of ether oxygens (including phenoxy) is 4. The Balaban J connectivity index is 1.57. The van der Waals surface area contributed by atoms with Crippen LogP contribution >= 0.6 is 0 Å². The molecule has 2 heterocycles. The summed E-state index contributed by atoms with van der Waals surface area (Å²) >= 11 is 0. The molecule has 10 nitrogen and oxygen atoms in total. The number of benzene rings is 1. The van der Waals surface area contributed by atoms with Gasteiger partial charge in [0.1, 0.15) is 24.1 Å². The number of aliphatic hydroxyl groups is 2. The standard InChI is InChI=1S/C42H60N2O8/c1-4-20-44(41(47)29-16-17-29)37-28-35(43-52-38-15-9-12-25-49-38)33-26-30(13-7-10-21-45)32(14-8-11-22-46)39-34-27-31(48-23-5-2)18-19-36(34)51-42(37,40(33)39)50-24-6-3/h5-6,18-19,26-27,29-30,32,37-40,45-46H,2-4,7-17,20-25,28H2,1H3. The fourth-order valence-corrected chi connectivity index (χ4v) is 9.04. The number of amides is 1. The number of carbonyl (C=O) groups is 1. The smallest absolute Gasteiger partial charge is 0.239 e. The summed E-state index contributed by atoms with van der Waals surface area (Å²) in [4.78, 5) is 22.5. The fourth-order valence-electron chi connectivity index (χ4n) is 9.04. The molecule has 5 aliphatic rings. The molecule has 286 valence electrons. The van der Waals surface area contributed by atoms with Gasteiger partial charge in [-0.15, -0.1) is 6.58 Å². The number of carbonyl (C=O) groups excluding carboxylic acids is 1. The zero-order valence-corrected chi connectivity index (χ0v) is 31.1. The minimum absolute atomic E-state index is 0.0111. The first kappa shape index (κ1) is 38.5. The van der Waals surface area contributed by atoms with E-state index in [2.05, 4.69) is 32.2 Å². The van der Waals surface area contributed by atoms with Crippen LogP contribution in [0.25, 0.3) is 0 Å². The summed E-state index contributed by atoms with van der Waals surface area (Å²) in [6, 6.07) is 5.56. The van der Waals surface area contributed by atoms with Gasteiger partial charge < -0.3 is 38.9 Å². The van der Waals surface area contributed by atoms with Crippen LogP contribution in [-0.4, -0.2) is 84.4 Å². The van der Waals surface area contributed by atoms with E-state index >= 15 is 0 Å². The van der Waals surface area contributed by atoms with Crippen LogP contribution in [0.5, 0.6) is 11.5 Å². The van der Waals surface area contributed by atoms with Gasteiger partial charge in [0.2, 0.25) is 18.0 Å². The summed E-state index contributed by atoms with van der Waals surface area (Å²) in [5, 5.41) is 24.6. The number of rotatable bonds is 20. The summed E-state index contributed by atoms with van der Waals surface area (Å²) in [6.45, 7) is 12.1. The number of unbranched alkanes of at least 4 members (excludes halogenated alkanes) is 2. The van der Waals surface area contributed by atoms with Gasteiger partial charge in [-0.2, -0.15) is 0 Å². The van der Waals surface area contributed by atoms with E-state index in [1.54, 1.807) is 12.2 Å². The normalized spacial score (nSPS) is 30.0. The molecule has 52 heavy (non-hydrogen) atoms. The molecule has 1 amide bonds. The Morgan fingerprint density at radius 2 is 1.85 bits per heavy atom. The van der Waals surface area contributed by atoms with E-state index in [0.29, 0.717) is 32.6 Å². The van der Waals surface area contributed by atoms with Crippen molar-refractivity contribution in [3.63, 3.8) is 0 Å². The second kappa shape index (κ2) is 18.2. The molecular formula is C42H60N2O8. The molecule has 10 heteroatoms. The van der Waals surface area contributed by atoms with Crippen LogP contribution in [0.1, 0.15) is 102 Å². The molecule has 2 saturated carbocycles. The van der Waals surface area contributed by atoms with Crippen LogP contribution in [0.2, 0.25) is 0 Å². The van der Waals surface area contributed by atoms with Gasteiger partial charge in [0, 0.05) is 50.0 Å². The van der Waals surface area contributed by atoms with Gasteiger partial charge >= 0.3 is 0 Å². The molecule has 0 radical (unpaired) electrons. The second-order valence-corrected chi connectivity index (χ2v) is 15.1. The molecule has 1 aromatic rings. The number of nitrogens with zero attached hydrogens (tertiary/aromatic N) is 2. The average molecular weight is 721 g/mol. The van der Waals surface area contributed by atoms with Gasteiger partial charge in [0.15, 0.2) is 0 Å². The zero-order valence-electron chi connectivity index (χ0n) is 31.1. The molecule has 1 saturated heterocycles. The monoisotopic (exact) mass is 720 g/mol. The van der Waals surface area contributed by atoms with Crippen molar-refractivity contribution in [2.24, 2.45) is 28.8 Å². The Hall–Kier alpha value is -3.18. The van der Waals surface area contributed by atoms with Gasteiger partial charge in [-0.1, -0.05) is 49.7 Å². The summed E-state index contributed by atoms with van der Waals surface area (Å²) in [5.41, 5.74) is 2.89. The Morgan fingerprint density at radius 1 is 1.06 bits per heavy atom. The average Bonchev–Trinajstić information content (AvgIpc) is 4.02. The van der Waals surface area contributed by atoms with E-state index in [4.69, 9.17) is 28.9 Å². The van der Waals surface area contributed by atoms with Crippen molar-refractivity contribution >= 4 is 11.6 Å². The first-order chi connectivity index (χ1) is 25.5. The maximum Gasteiger partial charge on any atom is 0.239 e. The lowest BCUT2D eigenvalue weighted by molar-refractivity contribution is -0.258. The number of oxime groups is 1. The van der Waals surface area contributed by atoms with Crippen LogP contribution in [-0.2, 0) is 19.1 Å². The maximum atomic E-state index is 14.3. The first-order valence-corrected chi connectivity index (χ1v) is 19.9. The zero-order chi connectivity index (χ0) is 36.5. The highest BCUT2D eigenvalue weighted by Crippen LogP contribution is 2.62. The van der Waals surface area contributed by atoms with Gasteiger partial charge in [0.25, 0.3) is 0 Å². The molecule has 7 atom stereocenters. The van der Waals surface area contributed by atoms with Crippen molar-refractivity contribution in [2.45, 2.75) is 114 Å². The topological polar surface area (TPSA) is 119 Å². The summed E-state index contributed by atoms with van der Waals surface area (Å²) in [7, 11) is 0. The molecule has 0 bridgehead atoms. The van der Waals surface area contributed by atoms with Gasteiger partial charge in [-0.05, 0) is 93.4 Å². The molecule has 0 aromatic heterocycles. The number of fused-ring (bicyclic) bond motifs is 2. The quantitative estimate of drug-likeness (QED) is 0.0836. The van der Waals surface area contributed by atoms with Crippen LogP contribution in [0.3, 0.4) is 0 Å². The summed E-state index contributed by atoms with van der Waals surface area (Å²) < 4.78 is 26.4. The Labute approximate surface area is 309 Å². The van der Waals surface area contributed by atoms with Crippen molar-refractivity contribution in [3.05, 3.63) is 60.7 Å². The highest BCUT2D eigenvalue weighted by atomic mass is 16.8. The first-order valence-electron chi connectivity index (χ1n) is 19.9. The minimum atomic E-state index is -1.23. The largest absolute Gasteiger partial charge is 0.490 e. The molecule has 3 aliphatic carbocycles. The SMILES string of the molecule is C=CCOc1ccc2c(c1)C1C(CCCCO)C(CCCCO)C=C3C(=NOC4CCCCO4)CC(N(CCC)C(=O)C4CC4)C(OCC=C)(O2)C31. The van der Waals surface area contributed by atoms with E-state index in [9.17, 15) is 15.0 Å². The predicted octanol–water partition coefficient (Wildman–Crippen LogP) is 7.06. The highest BCUT2D eigenvalue weighted by molar-refractivity contribution is 6.03. The Kier molecular flexibility index (Phi) is 13.5. The lowest BCUT2D eigenvalue weighted by Gasteiger charge is -2.60. The fraction of sp³-hybridized carbons (Fsp3) is 0.667. The van der Waals surface area contributed by atoms with Gasteiger partial charge in [0.05, 0.1) is 24.8 Å². The van der Waals surface area contributed by atoms with Crippen LogP contribution < -0.4 is 9.47 Å². The third-order valence-corrected chi connectivity index (χ3v) is 11.5. The third kappa shape index (κ3) is 8.30. The highest BCUT2D eigenvalue weighted by Gasteiger charge is 2.65. The summed E-state index contributed by atoms with van der Waals surface area (Å²) in [6.07, 6.45) is 16.2. The van der Waals surface area contributed by atoms with Crippen molar-refractivity contribution in [3.8, 4) is 11.5 Å². The van der Waals surface area contributed by atoms with Crippen molar-refractivity contribution in [2.75, 3.05) is 39.6 Å². The Bertz CT molecular complexity index is 1430. The van der Waals surface area contributed by atoms with E-state index in [1.807, 2.05) is 17.0 Å².